The molecule has 2 atom stereocenters. The number of sulfonamides is 1. The van der Waals surface area contributed by atoms with Crippen molar-refractivity contribution in [2.75, 3.05) is 34.5 Å². The maximum Gasteiger partial charge on any atom is 0.320 e. The molecular formula is C22H28FNO7S. The molecule has 32 heavy (non-hydrogen) atoms. The summed E-state index contributed by atoms with van der Waals surface area (Å²) >= 11 is 0. The van der Waals surface area contributed by atoms with Crippen molar-refractivity contribution in [3.05, 3.63) is 65.5 Å². The maximum absolute atomic E-state index is 14.8. The largest absolute Gasteiger partial charge is 0.497 e. The topological polar surface area (TPSA) is 113 Å². The molecule has 10 heteroatoms. The summed E-state index contributed by atoms with van der Waals surface area (Å²) < 4.78 is 52.9. The number of hydrogen-bond donors (Lipinski definition) is 2. The minimum atomic E-state index is -4.35. The van der Waals surface area contributed by atoms with Crippen molar-refractivity contribution in [1.29, 1.82) is 0 Å². The Hall–Kier alpha value is -2.53. The number of esters is 1. The molecule has 0 fully saturated rings. The fraction of sp³-hybridized carbons (Fsp3) is 0.409. The van der Waals surface area contributed by atoms with Crippen LogP contribution in [0, 0.1) is 5.82 Å². The summed E-state index contributed by atoms with van der Waals surface area (Å²) in [5.74, 6) is -1.39. The zero-order chi connectivity index (χ0) is 23.9. The number of carbonyl (C=O) groups is 1. The van der Waals surface area contributed by atoms with E-state index in [9.17, 15) is 27.8 Å². The Morgan fingerprint density at radius 2 is 1.75 bits per heavy atom. The first-order chi connectivity index (χ1) is 15.2. The van der Waals surface area contributed by atoms with Crippen LogP contribution in [0.4, 0.5) is 4.39 Å². The molecule has 0 saturated carbocycles. The Morgan fingerprint density at radius 1 is 1.12 bits per heavy atom. The molecule has 2 rings (SSSR count). The zero-order valence-electron chi connectivity index (χ0n) is 18.2. The van der Waals surface area contributed by atoms with Gasteiger partial charge >= 0.3 is 5.97 Å². The third-order valence-electron chi connectivity index (χ3n) is 5.45. The second kappa shape index (κ2) is 10.9. The van der Waals surface area contributed by atoms with E-state index < -0.39 is 52.1 Å². The lowest BCUT2D eigenvalue weighted by molar-refractivity contribution is -0.149. The number of halogens is 1. The molecule has 0 radical (unpaired) electrons. The average Bonchev–Trinajstić information content (AvgIpc) is 2.80. The SMILES string of the molecule is COC(=O)C(CO)(c1ccccc1F)C(CCO)S(=O)(=O)N(C)Cc1ccc(OC)cc1. The third kappa shape index (κ3) is 4.93. The van der Waals surface area contributed by atoms with Crippen molar-refractivity contribution in [2.45, 2.75) is 23.6 Å². The Kier molecular flexibility index (Phi) is 8.73. The highest BCUT2D eigenvalue weighted by molar-refractivity contribution is 7.89. The minimum absolute atomic E-state index is 0.0613. The van der Waals surface area contributed by atoms with Gasteiger partial charge in [0, 0.05) is 25.8 Å². The maximum atomic E-state index is 14.8. The first-order valence-electron chi connectivity index (χ1n) is 9.82. The second-order valence-electron chi connectivity index (χ2n) is 7.25. The van der Waals surface area contributed by atoms with Crippen LogP contribution in [0.3, 0.4) is 0 Å². The van der Waals surface area contributed by atoms with E-state index in [2.05, 4.69) is 0 Å². The zero-order valence-corrected chi connectivity index (χ0v) is 19.0. The van der Waals surface area contributed by atoms with Crippen LogP contribution >= 0.6 is 0 Å². The monoisotopic (exact) mass is 469 g/mol. The van der Waals surface area contributed by atoms with Crippen LogP contribution in [0.5, 0.6) is 5.75 Å². The van der Waals surface area contributed by atoms with E-state index in [1.54, 1.807) is 24.3 Å². The summed E-state index contributed by atoms with van der Waals surface area (Å²) in [5.41, 5.74) is -1.97. The molecule has 0 saturated heterocycles. The molecule has 2 aromatic rings. The highest BCUT2D eigenvalue weighted by Crippen LogP contribution is 2.38. The molecule has 0 amide bonds. The lowest BCUT2D eigenvalue weighted by Gasteiger charge is -2.38. The molecule has 2 aromatic carbocycles. The van der Waals surface area contributed by atoms with E-state index in [0.29, 0.717) is 11.3 Å². The number of ether oxygens (including phenoxy) is 2. The van der Waals surface area contributed by atoms with Crippen LogP contribution < -0.4 is 4.74 Å². The van der Waals surface area contributed by atoms with E-state index in [0.717, 1.165) is 17.5 Å². The van der Waals surface area contributed by atoms with Gasteiger partial charge in [-0.25, -0.2) is 17.1 Å². The van der Waals surface area contributed by atoms with Crippen LogP contribution in [-0.2, 0) is 31.5 Å². The fourth-order valence-electron chi connectivity index (χ4n) is 3.73. The van der Waals surface area contributed by atoms with Gasteiger partial charge in [-0.15, -0.1) is 0 Å². The molecule has 176 valence electrons. The molecule has 2 N–H and O–H groups in total. The second-order valence-corrected chi connectivity index (χ2v) is 9.47. The summed E-state index contributed by atoms with van der Waals surface area (Å²) in [6.07, 6.45) is -0.431. The van der Waals surface area contributed by atoms with Gasteiger partial charge in [-0.1, -0.05) is 30.3 Å². The summed E-state index contributed by atoms with van der Waals surface area (Å²) in [5, 5.41) is 18.2. The molecule has 0 aliphatic rings. The number of benzene rings is 2. The van der Waals surface area contributed by atoms with Gasteiger partial charge in [-0.05, 0) is 30.2 Å². The van der Waals surface area contributed by atoms with E-state index in [1.165, 1.54) is 32.4 Å². The normalized spacial score (nSPS) is 14.6. The van der Waals surface area contributed by atoms with Crippen molar-refractivity contribution >= 4 is 16.0 Å². The Labute approximate surface area is 187 Å². The van der Waals surface area contributed by atoms with Gasteiger partial charge < -0.3 is 19.7 Å². The summed E-state index contributed by atoms with van der Waals surface area (Å²) in [7, 11) is -0.508. The minimum Gasteiger partial charge on any atom is -0.497 e. The summed E-state index contributed by atoms with van der Waals surface area (Å²) in [4.78, 5) is 12.9. The number of aliphatic hydroxyl groups is 2. The quantitative estimate of drug-likeness (QED) is 0.479. The van der Waals surface area contributed by atoms with Crippen molar-refractivity contribution in [3.8, 4) is 5.75 Å². The number of rotatable bonds is 11. The summed E-state index contributed by atoms with van der Waals surface area (Å²) in [6.45, 7) is -1.72. The molecule has 2 unspecified atom stereocenters. The predicted octanol–water partition coefficient (Wildman–Crippen LogP) is 1.45. The van der Waals surface area contributed by atoms with Gasteiger partial charge in [0.25, 0.3) is 0 Å². The molecule has 8 nitrogen and oxygen atoms in total. The van der Waals surface area contributed by atoms with Gasteiger partial charge in [0.2, 0.25) is 10.0 Å². The van der Waals surface area contributed by atoms with E-state index in [1.807, 2.05) is 0 Å². The smallest absolute Gasteiger partial charge is 0.320 e. The Morgan fingerprint density at radius 3 is 2.25 bits per heavy atom. The average molecular weight is 470 g/mol. The lowest BCUT2D eigenvalue weighted by atomic mass is 9.76. The van der Waals surface area contributed by atoms with Gasteiger partial charge in [-0.3, -0.25) is 4.79 Å². The predicted molar refractivity (Wildman–Crippen MR) is 116 cm³/mol. The van der Waals surface area contributed by atoms with Crippen molar-refractivity contribution < 1.29 is 37.3 Å². The number of aliphatic hydroxyl groups excluding tert-OH is 2. The molecule has 0 aliphatic carbocycles. The molecule has 0 aromatic heterocycles. The lowest BCUT2D eigenvalue weighted by Crippen LogP contribution is -2.57. The van der Waals surface area contributed by atoms with Gasteiger partial charge in [-0.2, -0.15) is 0 Å². The molecule has 0 spiro atoms. The number of nitrogens with zero attached hydrogens (tertiary/aromatic N) is 1. The van der Waals surface area contributed by atoms with Crippen molar-refractivity contribution in [1.82, 2.24) is 4.31 Å². The summed E-state index contributed by atoms with van der Waals surface area (Å²) in [6, 6.07) is 11.8. The molecule has 0 bridgehead atoms. The van der Waals surface area contributed by atoms with Crippen LogP contribution in [0.2, 0.25) is 0 Å². The van der Waals surface area contributed by atoms with Crippen LogP contribution in [0.15, 0.2) is 48.5 Å². The van der Waals surface area contributed by atoms with E-state index in [4.69, 9.17) is 9.47 Å². The fourth-order valence-corrected chi connectivity index (χ4v) is 5.71. The van der Waals surface area contributed by atoms with Gasteiger partial charge in [0.15, 0.2) is 0 Å². The van der Waals surface area contributed by atoms with Gasteiger partial charge in [0.1, 0.15) is 22.2 Å². The number of hydrogen-bond acceptors (Lipinski definition) is 7. The first kappa shape index (κ1) is 25.7. The third-order valence-corrected chi connectivity index (χ3v) is 7.81. The first-order valence-corrected chi connectivity index (χ1v) is 11.3. The van der Waals surface area contributed by atoms with E-state index in [-0.39, 0.29) is 12.1 Å². The number of methoxy groups -OCH3 is 2. The molecule has 0 heterocycles. The van der Waals surface area contributed by atoms with Crippen molar-refractivity contribution in [3.63, 3.8) is 0 Å². The van der Waals surface area contributed by atoms with Crippen molar-refractivity contribution in [2.24, 2.45) is 0 Å². The Balaban J connectivity index is 2.59. The number of carbonyl (C=O) groups excluding carboxylic acids is 1. The van der Waals surface area contributed by atoms with Crippen LogP contribution in [0.1, 0.15) is 17.5 Å². The van der Waals surface area contributed by atoms with Gasteiger partial charge in [0.05, 0.1) is 20.8 Å². The highest BCUT2D eigenvalue weighted by atomic mass is 32.2. The standard InChI is InChI=1S/C22H28FNO7S/c1-24(14-16-8-10-17(30-2)11-9-16)32(28,29)20(12-13-25)22(15-26,21(27)31-3)18-6-4-5-7-19(18)23/h4-11,20,25-26H,12-15H2,1-3H3. The van der Waals surface area contributed by atoms with Crippen LogP contribution in [0.25, 0.3) is 0 Å². The van der Waals surface area contributed by atoms with E-state index >= 15 is 0 Å². The molecular weight excluding hydrogens is 441 g/mol. The highest BCUT2D eigenvalue weighted by Gasteiger charge is 2.55. The Bertz CT molecular complexity index is 1010. The molecule has 0 aliphatic heterocycles. The van der Waals surface area contributed by atoms with Crippen LogP contribution in [-0.4, -0.2) is 68.6 Å².